The van der Waals surface area contributed by atoms with Crippen LogP contribution in [-0.4, -0.2) is 11.2 Å². The van der Waals surface area contributed by atoms with Crippen molar-refractivity contribution in [3.63, 3.8) is 0 Å². The molecule has 146 valence electrons. The van der Waals surface area contributed by atoms with E-state index < -0.39 is 6.09 Å². The van der Waals surface area contributed by atoms with Crippen LogP contribution in [0.25, 0.3) is 0 Å². The Kier molecular flexibility index (Phi) is 5.32. The van der Waals surface area contributed by atoms with E-state index in [4.69, 9.17) is 9.26 Å². The van der Waals surface area contributed by atoms with E-state index in [-0.39, 0.29) is 6.10 Å². The number of aromatic nitrogens is 1. The molecule has 1 unspecified atom stereocenters. The van der Waals surface area contributed by atoms with Crippen LogP contribution in [0, 0.1) is 18.8 Å². The summed E-state index contributed by atoms with van der Waals surface area (Å²) in [6, 6.07) is 15.7. The Hall–Kier alpha value is -3.56. The second kappa shape index (κ2) is 8.21. The zero-order chi connectivity index (χ0) is 20.2. The topological polar surface area (TPSA) is 76.4 Å². The molecule has 0 saturated heterocycles. The first kappa shape index (κ1) is 18.8. The van der Waals surface area contributed by atoms with Crippen LogP contribution in [0.2, 0.25) is 0 Å². The molecule has 0 bridgehead atoms. The maximum absolute atomic E-state index is 12.3. The summed E-state index contributed by atoms with van der Waals surface area (Å²) in [4.78, 5) is 12.3. The van der Waals surface area contributed by atoms with Crippen LogP contribution < -0.4 is 10.6 Å². The first-order valence-corrected chi connectivity index (χ1v) is 9.43. The lowest BCUT2D eigenvalue weighted by Gasteiger charge is -2.13. The number of ether oxygens (including phenoxy) is 1. The number of nitrogens with one attached hydrogen (secondary N) is 2. The Morgan fingerprint density at radius 1 is 1.17 bits per heavy atom. The Labute approximate surface area is 169 Å². The lowest BCUT2D eigenvalue weighted by Crippen LogP contribution is -2.16. The van der Waals surface area contributed by atoms with Gasteiger partial charge in [0.05, 0.1) is 0 Å². The summed E-state index contributed by atoms with van der Waals surface area (Å²) in [5.41, 5.74) is 5.30. The van der Waals surface area contributed by atoms with E-state index in [2.05, 4.69) is 39.8 Å². The summed E-state index contributed by atoms with van der Waals surface area (Å²) in [7, 11) is 0. The predicted molar refractivity (Wildman–Crippen MR) is 109 cm³/mol. The quantitative estimate of drug-likeness (QED) is 0.656. The molecule has 0 fully saturated rings. The van der Waals surface area contributed by atoms with E-state index in [1.165, 1.54) is 11.1 Å². The average Bonchev–Trinajstić information content (AvgIpc) is 3.33. The highest BCUT2D eigenvalue weighted by molar-refractivity contribution is 5.87. The molecule has 29 heavy (non-hydrogen) atoms. The summed E-state index contributed by atoms with van der Waals surface area (Å²) in [6.45, 7) is 5.30. The normalized spacial score (nSPS) is 13.2. The molecule has 0 spiro atoms. The highest BCUT2D eigenvalue weighted by Gasteiger charge is 2.17. The van der Waals surface area contributed by atoms with Crippen LogP contribution in [0.15, 0.2) is 53.1 Å². The molecule has 1 atom stereocenters. The second-order valence-electron chi connectivity index (χ2n) is 6.89. The molecule has 0 saturated carbocycles. The highest BCUT2D eigenvalue weighted by Crippen LogP contribution is 2.22. The largest absolute Gasteiger partial charge is 0.441 e. The smallest absolute Gasteiger partial charge is 0.412 e. The van der Waals surface area contributed by atoms with Gasteiger partial charge in [-0.2, -0.15) is 0 Å². The molecular weight excluding hydrogens is 366 g/mol. The summed E-state index contributed by atoms with van der Waals surface area (Å²) >= 11 is 0. The van der Waals surface area contributed by atoms with Gasteiger partial charge in [0.25, 0.3) is 0 Å². The van der Waals surface area contributed by atoms with Gasteiger partial charge in [-0.1, -0.05) is 47.5 Å². The molecule has 0 aliphatic carbocycles. The van der Waals surface area contributed by atoms with Crippen molar-refractivity contribution in [1.29, 1.82) is 0 Å². The standard InChI is InChI=1S/C23H21N3O3/c1-15-22(25-23(27)28-16(2)18-6-4-3-5-7-18)21(29-26-15)11-9-17-8-10-19-13-24-14-20(19)12-17/h3-8,10,12,16,24H,13-14H2,1-2H3,(H,25,27). The molecular formula is C23H21N3O3. The molecule has 1 aliphatic heterocycles. The number of hydrogen-bond acceptors (Lipinski definition) is 5. The number of hydrogen-bond donors (Lipinski definition) is 2. The van der Waals surface area contributed by atoms with E-state index in [0.29, 0.717) is 17.1 Å². The van der Waals surface area contributed by atoms with Gasteiger partial charge in [-0.15, -0.1) is 0 Å². The number of carbonyl (C=O) groups excluding carboxylic acids is 1. The zero-order valence-corrected chi connectivity index (χ0v) is 16.3. The average molecular weight is 387 g/mol. The fourth-order valence-electron chi connectivity index (χ4n) is 3.19. The van der Waals surface area contributed by atoms with Crippen molar-refractivity contribution in [3.8, 4) is 11.8 Å². The van der Waals surface area contributed by atoms with Crippen LogP contribution in [0.5, 0.6) is 0 Å². The second-order valence-corrected chi connectivity index (χ2v) is 6.89. The molecule has 6 heteroatoms. The van der Waals surface area contributed by atoms with Gasteiger partial charge in [0, 0.05) is 18.7 Å². The molecule has 2 aromatic carbocycles. The van der Waals surface area contributed by atoms with Crippen LogP contribution in [-0.2, 0) is 17.8 Å². The van der Waals surface area contributed by atoms with Gasteiger partial charge in [0.15, 0.2) is 0 Å². The molecule has 2 heterocycles. The third kappa shape index (κ3) is 4.31. The summed E-state index contributed by atoms with van der Waals surface area (Å²) in [5, 5.41) is 9.94. The third-order valence-corrected chi connectivity index (χ3v) is 4.80. The van der Waals surface area contributed by atoms with Crippen molar-refractivity contribution in [2.75, 3.05) is 5.32 Å². The first-order chi connectivity index (χ1) is 14.1. The van der Waals surface area contributed by atoms with Gasteiger partial charge >= 0.3 is 6.09 Å². The van der Waals surface area contributed by atoms with Gasteiger partial charge in [0.2, 0.25) is 5.76 Å². The van der Waals surface area contributed by atoms with Crippen molar-refractivity contribution >= 4 is 11.8 Å². The Morgan fingerprint density at radius 2 is 1.97 bits per heavy atom. The van der Waals surface area contributed by atoms with Crippen molar-refractivity contribution in [2.24, 2.45) is 0 Å². The number of anilines is 1. The summed E-state index contributed by atoms with van der Waals surface area (Å²) < 4.78 is 10.8. The SMILES string of the molecule is Cc1noc(C#Cc2ccc3c(c2)CNC3)c1NC(=O)OC(C)c1ccccc1. The van der Waals surface area contributed by atoms with Gasteiger partial charge in [-0.25, -0.2) is 4.79 Å². The fraction of sp³-hybridized carbons (Fsp3) is 0.217. The summed E-state index contributed by atoms with van der Waals surface area (Å²) in [5.74, 6) is 6.34. The zero-order valence-electron chi connectivity index (χ0n) is 16.3. The molecule has 1 aliphatic rings. The molecule has 2 N–H and O–H groups in total. The van der Waals surface area contributed by atoms with Crippen molar-refractivity contribution < 1.29 is 14.1 Å². The van der Waals surface area contributed by atoms with Crippen molar-refractivity contribution in [2.45, 2.75) is 33.0 Å². The Bertz CT molecular complexity index is 1090. The molecule has 0 radical (unpaired) electrons. The van der Waals surface area contributed by atoms with Crippen LogP contribution in [0.4, 0.5) is 10.5 Å². The Morgan fingerprint density at radius 3 is 2.79 bits per heavy atom. The fourth-order valence-corrected chi connectivity index (χ4v) is 3.19. The number of amides is 1. The first-order valence-electron chi connectivity index (χ1n) is 9.43. The van der Waals surface area contributed by atoms with E-state index >= 15 is 0 Å². The van der Waals surface area contributed by atoms with Crippen LogP contribution >= 0.6 is 0 Å². The van der Waals surface area contributed by atoms with Gasteiger partial charge < -0.3 is 14.6 Å². The van der Waals surface area contributed by atoms with E-state index in [0.717, 1.165) is 24.2 Å². The predicted octanol–water partition coefficient (Wildman–Crippen LogP) is 4.30. The van der Waals surface area contributed by atoms with E-state index in [9.17, 15) is 4.79 Å². The number of rotatable bonds is 3. The number of carbonyl (C=O) groups is 1. The molecule has 1 amide bonds. The van der Waals surface area contributed by atoms with Crippen molar-refractivity contribution in [3.05, 3.63) is 82.2 Å². The maximum atomic E-state index is 12.3. The van der Waals surface area contributed by atoms with Gasteiger partial charge in [-0.3, -0.25) is 5.32 Å². The van der Waals surface area contributed by atoms with Crippen molar-refractivity contribution in [1.82, 2.24) is 10.5 Å². The molecule has 3 aromatic rings. The minimum absolute atomic E-state index is 0.297. The van der Waals surface area contributed by atoms with Crippen LogP contribution in [0.3, 0.4) is 0 Å². The number of nitrogens with zero attached hydrogens (tertiary/aromatic N) is 1. The van der Waals surface area contributed by atoms with Gasteiger partial charge in [0.1, 0.15) is 17.5 Å². The highest BCUT2D eigenvalue weighted by atomic mass is 16.6. The number of aryl methyl sites for hydroxylation is 1. The number of benzene rings is 2. The van der Waals surface area contributed by atoms with Crippen LogP contribution in [0.1, 0.15) is 46.7 Å². The van der Waals surface area contributed by atoms with E-state index in [1.54, 1.807) is 6.92 Å². The number of fused-ring (bicyclic) bond motifs is 1. The van der Waals surface area contributed by atoms with E-state index in [1.807, 2.05) is 43.3 Å². The Balaban J connectivity index is 1.47. The third-order valence-electron chi connectivity index (χ3n) is 4.80. The van der Waals surface area contributed by atoms with Gasteiger partial charge in [-0.05, 0) is 48.6 Å². The lowest BCUT2D eigenvalue weighted by atomic mass is 10.1. The molecule has 4 rings (SSSR count). The maximum Gasteiger partial charge on any atom is 0.412 e. The lowest BCUT2D eigenvalue weighted by molar-refractivity contribution is 0.121. The minimum Gasteiger partial charge on any atom is -0.441 e. The summed E-state index contributed by atoms with van der Waals surface area (Å²) in [6.07, 6.45) is -0.967. The monoisotopic (exact) mass is 387 g/mol. The molecule has 1 aromatic heterocycles. The molecule has 6 nitrogen and oxygen atoms in total. The minimum atomic E-state index is -0.584.